The highest BCUT2D eigenvalue weighted by molar-refractivity contribution is 7.89. The number of hydrogen-bond donors (Lipinski definition) is 2. The summed E-state index contributed by atoms with van der Waals surface area (Å²) in [6.07, 6.45) is 2.61. The maximum absolute atomic E-state index is 12.3. The first kappa shape index (κ1) is 16.2. The fourth-order valence-corrected chi connectivity index (χ4v) is 3.80. The monoisotopic (exact) mass is 314 g/mol. The molecular formula is C14H22N2O4S. The highest BCUT2D eigenvalue weighted by atomic mass is 32.2. The van der Waals surface area contributed by atoms with E-state index in [9.17, 15) is 8.42 Å². The molecule has 3 N–H and O–H groups in total. The van der Waals surface area contributed by atoms with Crippen molar-refractivity contribution in [2.75, 3.05) is 20.3 Å². The Morgan fingerprint density at radius 3 is 2.62 bits per heavy atom. The number of rotatable bonds is 7. The van der Waals surface area contributed by atoms with Gasteiger partial charge in [0, 0.05) is 19.7 Å². The third kappa shape index (κ3) is 4.16. The molecule has 2 rings (SSSR count). The Kier molecular flexibility index (Phi) is 5.58. The molecular weight excluding hydrogens is 292 g/mol. The number of benzene rings is 1. The quantitative estimate of drug-likeness (QED) is 0.779. The first-order valence-electron chi connectivity index (χ1n) is 7.05. The molecule has 0 radical (unpaired) electrons. The van der Waals surface area contributed by atoms with Gasteiger partial charge in [0.05, 0.1) is 11.0 Å². The molecule has 1 aliphatic carbocycles. The second-order valence-electron chi connectivity index (χ2n) is 5.04. The lowest BCUT2D eigenvalue weighted by atomic mass is 10.2. The zero-order valence-corrected chi connectivity index (χ0v) is 12.9. The first-order valence-corrected chi connectivity index (χ1v) is 8.53. The highest BCUT2D eigenvalue weighted by Crippen LogP contribution is 2.24. The highest BCUT2D eigenvalue weighted by Gasteiger charge is 2.31. The van der Waals surface area contributed by atoms with E-state index in [2.05, 4.69) is 4.72 Å². The number of ether oxygens (including phenoxy) is 2. The van der Waals surface area contributed by atoms with Gasteiger partial charge in [0.25, 0.3) is 0 Å². The maximum atomic E-state index is 12.3. The van der Waals surface area contributed by atoms with Gasteiger partial charge in [-0.15, -0.1) is 0 Å². The fourth-order valence-electron chi connectivity index (χ4n) is 2.50. The molecule has 7 heteroatoms. The Morgan fingerprint density at radius 1 is 1.29 bits per heavy atom. The van der Waals surface area contributed by atoms with Gasteiger partial charge in [0.2, 0.25) is 10.0 Å². The fraction of sp³-hybridized carbons (Fsp3) is 0.571. The molecule has 1 fully saturated rings. The van der Waals surface area contributed by atoms with Crippen LogP contribution in [0.15, 0.2) is 29.2 Å². The molecule has 1 aromatic rings. The topological polar surface area (TPSA) is 90.6 Å². The molecule has 2 atom stereocenters. The standard InChI is InChI=1S/C14H22N2O4S/c1-19-14-4-2-3-13(14)16-21(17,18)12-7-5-11(6-8-12)20-10-9-15/h5-8,13-14,16H,2-4,9-10,15H2,1H3. The average molecular weight is 314 g/mol. The van der Waals surface area contributed by atoms with Crippen LogP contribution in [0.1, 0.15) is 19.3 Å². The second-order valence-corrected chi connectivity index (χ2v) is 6.76. The third-order valence-electron chi connectivity index (χ3n) is 3.58. The van der Waals surface area contributed by atoms with E-state index in [0.29, 0.717) is 18.9 Å². The molecule has 1 aromatic carbocycles. The Morgan fingerprint density at radius 2 is 2.00 bits per heavy atom. The molecule has 1 saturated carbocycles. The van der Waals surface area contributed by atoms with Crippen molar-refractivity contribution in [1.29, 1.82) is 0 Å². The zero-order valence-electron chi connectivity index (χ0n) is 12.1. The zero-order chi connectivity index (χ0) is 15.3. The van der Waals surface area contributed by atoms with Crippen LogP contribution in [0.2, 0.25) is 0 Å². The predicted molar refractivity (Wildman–Crippen MR) is 79.7 cm³/mol. The van der Waals surface area contributed by atoms with E-state index in [1.54, 1.807) is 19.2 Å². The van der Waals surface area contributed by atoms with Crippen molar-refractivity contribution in [1.82, 2.24) is 4.72 Å². The summed E-state index contributed by atoms with van der Waals surface area (Å²) >= 11 is 0. The van der Waals surface area contributed by atoms with Crippen molar-refractivity contribution < 1.29 is 17.9 Å². The van der Waals surface area contributed by atoms with Crippen molar-refractivity contribution in [2.45, 2.75) is 36.3 Å². The number of nitrogens with one attached hydrogen (secondary N) is 1. The number of sulfonamides is 1. The van der Waals surface area contributed by atoms with Gasteiger partial charge in [-0.2, -0.15) is 0 Å². The summed E-state index contributed by atoms with van der Waals surface area (Å²) in [4.78, 5) is 0.226. The molecule has 0 saturated heterocycles. The van der Waals surface area contributed by atoms with E-state index < -0.39 is 10.0 Å². The lowest BCUT2D eigenvalue weighted by molar-refractivity contribution is 0.0916. The molecule has 21 heavy (non-hydrogen) atoms. The van der Waals surface area contributed by atoms with Crippen molar-refractivity contribution in [2.24, 2.45) is 5.73 Å². The molecule has 6 nitrogen and oxygen atoms in total. The molecule has 0 aromatic heterocycles. The minimum absolute atomic E-state index is 0.0491. The van der Waals surface area contributed by atoms with Crippen LogP contribution in [0, 0.1) is 0 Å². The molecule has 0 bridgehead atoms. The summed E-state index contributed by atoms with van der Waals surface area (Å²) in [6, 6.07) is 6.17. The van der Waals surface area contributed by atoms with Crippen LogP contribution in [0.5, 0.6) is 5.75 Å². The summed E-state index contributed by atoms with van der Waals surface area (Å²) in [5.74, 6) is 0.607. The van der Waals surface area contributed by atoms with Crippen molar-refractivity contribution >= 4 is 10.0 Å². The predicted octanol–water partition coefficient (Wildman–Crippen LogP) is 0.870. The van der Waals surface area contributed by atoms with Crippen LogP contribution in [-0.4, -0.2) is 40.8 Å². The van der Waals surface area contributed by atoms with Gasteiger partial charge in [-0.1, -0.05) is 0 Å². The van der Waals surface area contributed by atoms with Crippen LogP contribution >= 0.6 is 0 Å². The molecule has 0 aliphatic heterocycles. The number of hydrogen-bond acceptors (Lipinski definition) is 5. The van der Waals surface area contributed by atoms with Gasteiger partial charge < -0.3 is 15.2 Å². The first-order chi connectivity index (χ1) is 10.1. The van der Waals surface area contributed by atoms with E-state index in [1.807, 2.05) is 0 Å². The molecule has 0 spiro atoms. The van der Waals surface area contributed by atoms with E-state index in [1.165, 1.54) is 12.1 Å². The minimum Gasteiger partial charge on any atom is -0.492 e. The second kappa shape index (κ2) is 7.22. The molecule has 2 unspecified atom stereocenters. The summed E-state index contributed by atoms with van der Waals surface area (Å²) < 4.78 is 38.1. The average Bonchev–Trinajstić information content (AvgIpc) is 2.92. The van der Waals surface area contributed by atoms with Gasteiger partial charge in [-0.3, -0.25) is 0 Å². The Labute approximate surface area is 125 Å². The largest absolute Gasteiger partial charge is 0.492 e. The lowest BCUT2D eigenvalue weighted by Crippen LogP contribution is -2.40. The summed E-state index contributed by atoms with van der Waals surface area (Å²) in [5.41, 5.74) is 5.35. The van der Waals surface area contributed by atoms with Gasteiger partial charge in [0.15, 0.2) is 0 Å². The third-order valence-corrected chi connectivity index (χ3v) is 5.09. The van der Waals surface area contributed by atoms with Crippen LogP contribution in [0.3, 0.4) is 0 Å². The summed E-state index contributed by atoms with van der Waals surface area (Å²) in [5, 5.41) is 0. The summed E-state index contributed by atoms with van der Waals surface area (Å²) in [7, 11) is -1.92. The van der Waals surface area contributed by atoms with Gasteiger partial charge in [0.1, 0.15) is 12.4 Å². The molecule has 1 aliphatic rings. The Balaban J connectivity index is 2.05. The minimum atomic E-state index is -3.53. The maximum Gasteiger partial charge on any atom is 0.240 e. The lowest BCUT2D eigenvalue weighted by Gasteiger charge is -2.19. The SMILES string of the molecule is COC1CCCC1NS(=O)(=O)c1ccc(OCCN)cc1. The molecule has 0 heterocycles. The van der Waals surface area contributed by atoms with E-state index in [-0.39, 0.29) is 17.0 Å². The summed E-state index contributed by atoms with van der Waals surface area (Å²) in [6.45, 7) is 0.823. The van der Waals surface area contributed by atoms with Crippen molar-refractivity contribution in [3.8, 4) is 5.75 Å². The Bertz CT molecular complexity index is 545. The van der Waals surface area contributed by atoms with E-state index in [4.69, 9.17) is 15.2 Å². The van der Waals surface area contributed by atoms with Crippen LogP contribution in [0.25, 0.3) is 0 Å². The number of nitrogens with two attached hydrogens (primary N) is 1. The van der Waals surface area contributed by atoms with Gasteiger partial charge >= 0.3 is 0 Å². The van der Waals surface area contributed by atoms with Gasteiger partial charge in [-0.05, 0) is 43.5 Å². The molecule has 0 amide bonds. The van der Waals surface area contributed by atoms with Crippen LogP contribution in [-0.2, 0) is 14.8 Å². The van der Waals surface area contributed by atoms with Crippen molar-refractivity contribution in [3.63, 3.8) is 0 Å². The Hall–Kier alpha value is -1.15. The normalized spacial score (nSPS) is 22.4. The van der Waals surface area contributed by atoms with E-state index >= 15 is 0 Å². The van der Waals surface area contributed by atoms with Crippen molar-refractivity contribution in [3.05, 3.63) is 24.3 Å². The smallest absolute Gasteiger partial charge is 0.240 e. The van der Waals surface area contributed by atoms with E-state index in [0.717, 1.165) is 19.3 Å². The van der Waals surface area contributed by atoms with Gasteiger partial charge in [-0.25, -0.2) is 13.1 Å². The number of methoxy groups -OCH3 is 1. The van der Waals surface area contributed by atoms with Crippen LogP contribution < -0.4 is 15.2 Å². The van der Waals surface area contributed by atoms with Crippen LogP contribution in [0.4, 0.5) is 0 Å². The molecule has 118 valence electrons.